The monoisotopic (exact) mass is 256 g/mol. The Morgan fingerprint density at radius 2 is 1.83 bits per heavy atom. The average Bonchev–Trinajstić information content (AvgIpc) is 2.90. The minimum Gasteiger partial charge on any atom is -0.245 e. The Kier molecular flexibility index (Phi) is 2.78. The van der Waals surface area contributed by atoms with Crippen molar-refractivity contribution in [3.8, 4) is 16.9 Å². The highest BCUT2D eigenvalue weighted by atomic mass is 35.5. The number of benzene rings is 1. The minimum absolute atomic E-state index is 0.724. The molecule has 3 aromatic rings. The van der Waals surface area contributed by atoms with Gasteiger partial charge in [0.05, 0.1) is 6.20 Å². The third-order valence-corrected chi connectivity index (χ3v) is 2.81. The first-order valence-corrected chi connectivity index (χ1v) is 5.78. The van der Waals surface area contributed by atoms with Gasteiger partial charge >= 0.3 is 0 Å². The molecule has 0 unspecified atom stereocenters. The van der Waals surface area contributed by atoms with E-state index in [1.54, 1.807) is 23.1 Å². The molecule has 0 N–H and O–H groups in total. The molecule has 0 spiro atoms. The zero-order valence-corrected chi connectivity index (χ0v) is 10.1. The molecule has 3 rings (SSSR count). The number of rotatable bonds is 2. The minimum atomic E-state index is 0.724. The molecule has 2 aromatic heterocycles. The van der Waals surface area contributed by atoms with E-state index >= 15 is 0 Å². The van der Waals surface area contributed by atoms with Crippen LogP contribution in [0.4, 0.5) is 0 Å². The Hall–Kier alpha value is -2.20. The van der Waals surface area contributed by atoms with Crippen molar-refractivity contribution < 1.29 is 0 Å². The summed E-state index contributed by atoms with van der Waals surface area (Å²) in [4.78, 5) is 8.02. The van der Waals surface area contributed by atoms with Gasteiger partial charge in [-0.3, -0.25) is 0 Å². The second-order valence-corrected chi connectivity index (χ2v) is 4.18. The van der Waals surface area contributed by atoms with Crippen LogP contribution in [0.25, 0.3) is 16.9 Å². The number of nitrogens with zero attached hydrogens (tertiary/aromatic N) is 4. The van der Waals surface area contributed by atoms with Crippen molar-refractivity contribution in [3.05, 3.63) is 60.3 Å². The third kappa shape index (κ3) is 2.10. The van der Waals surface area contributed by atoms with Gasteiger partial charge in [0.15, 0.2) is 5.82 Å². The normalized spacial score (nSPS) is 10.5. The maximum absolute atomic E-state index is 5.86. The molecule has 0 saturated carbocycles. The van der Waals surface area contributed by atoms with Crippen LogP contribution in [-0.2, 0) is 0 Å². The smallest absolute Gasteiger partial charge is 0.156 e. The van der Waals surface area contributed by atoms with Crippen LogP contribution in [0.3, 0.4) is 0 Å². The van der Waals surface area contributed by atoms with E-state index in [2.05, 4.69) is 15.1 Å². The molecule has 0 saturated heterocycles. The molecule has 4 nitrogen and oxygen atoms in total. The van der Waals surface area contributed by atoms with E-state index in [9.17, 15) is 0 Å². The van der Waals surface area contributed by atoms with Crippen LogP contribution in [0.5, 0.6) is 0 Å². The van der Waals surface area contributed by atoms with Gasteiger partial charge in [-0.2, -0.15) is 5.10 Å². The Morgan fingerprint density at radius 3 is 2.56 bits per heavy atom. The van der Waals surface area contributed by atoms with E-state index in [1.165, 1.54) is 6.33 Å². The molecule has 18 heavy (non-hydrogen) atoms. The molecule has 2 heterocycles. The number of hydrogen-bond donors (Lipinski definition) is 0. The largest absolute Gasteiger partial charge is 0.245 e. The lowest BCUT2D eigenvalue weighted by molar-refractivity contribution is 0.839. The highest BCUT2D eigenvalue weighted by Crippen LogP contribution is 2.21. The van der Waals surface area contributed by atoms with Gasteiger partial charge in [0.2, 0.25) is 0 Å². The first-order valence-electron chi connectivity index (χ1n) is 5.40. The lowest BCUT2D eigenvalue weighted by Crippen LogP contribution is -1.96. The summed E-state index contributed by atoms with van der Waals surface area (Å²) in [7, 11) is 0. The first kappa shape index (κ1) is 10.9. The molecule has 0 atom stereocenters. The summed E-state index contributed by atoms with van der Waals surface area (Å²) in [5.74, 6) is 0.741. The molecule has 0 aliphatic heterocycles. The van der Waals surface area contributed by atoms with Crippen LogP contribution >= 0.6 is 11.6 Å². The maximum atomic E-state index is 5.86. The SMILES string of the molecule is Clc1ccc(-c2cnn(-c3ccncn3)c2)cc1. The Morgan fingerprint density at radius 1 is 1.00 bits per heavy atom. The van der Waals surface area contributed by atoms with Crippen molar-refractivity contribution in [2.45, 2.75) is 0 Å². The molecule has 88 valence electrons. The molecule has 0 aliphatic carbocycles. The standard InChI is InChI=1S/C13H9ClN4/c14-12-3-1-10(2-4-12)11-7-17-18(8-11)13-5-6-15-9-16-13/h1-9H. The lowest BCUT2D eigenvalue weighted by Gasteiger charge is -1.98. The quantitative estimate of drug-likeness (QED) is 0.708. The molecular formula is C13H9ClN4. The summed E-state index contributed by atoms with van der Waals surface area (Å²) in [5.41, 5.74) is 2.09. The second-order valence-electron chi connectivity index (χ2n) is 3.75. The van der Waals surface area contributed by atoms with E-state index in [0.717, 1.165) is 22.0 Å². The third-order valence-electron chi connectivity index (χ3n) is 2.56. The van der Waals surface area contributed by atoms with E-state index in [1.807, 2.05) is 30.5 Å². The van der Waals surface area contributed by atoms with Crippen LogP contribution < -0.4 is 0 Å². The van der Waals surface area contributed by atoms with Crippen LogP contribution in [-0.4, -0.2) is 19.7 Å². The predicted molar refractivity (Wildman–Crippen MR) is 69.6 cm³/mol. The van der Waals surface area contributed by atoms with Gasteiger partial charge in [0.25, 0.3) is 0 Å². The fourth-order valence-corrected chi connectivity index (χ4v) is 1.78. The predicted octanol–water partition coefficient (Wildman–Crippen LogP) is 2.98. The summed E-state index contributed by atoms with van der Waals surface area (Å²) >= 11 is 5.86. The van der Waals surface area contributed by atoms with Crippen molar-refractivity contribution in [1.82, 2.24) is 19.7 Å². The van der Waals surface area contributed by atoms with E-state index in [4.69, 9.17) is 11.6 Å². The molecular weight excluding hydrogens is 248 g/mol. The van der Waals surface area contributed by atoms with Crippen molar-refractivity contribution >= 4 is 11.6 Å². The Bertz CT molecular complexity index is 646. The maximum Gasteiger partial charge on any atom is 0.156 e. The number of halogens is 1. The number of hydrogen-bond acceptors (Lipinski definition) is 3. The second kappa shape index (κ2) is 4.58. The van der Waals surface area contributed by atoms with E-state index < -0.39 is 0 Å². The van der Waals surface area contributed by atoms with Gasteiger partial charge < -0.3 is 0 Å². The molecule has 5 heteroatoms. The van der Waals surface area contributed by atoms with Crippen molar-refractivity contribution in [2.24, 2.45) is 0 Å². The molecule has 0 aliphatic rings. The fraction of sp³-hybridized carbons (Fsp3) is 0. The van der Waals surface area contributed by atoms with Crippen LogP contribution in [0.15, 0.2) is 55.2 Å². The highest BCUT2D eigenvalue weighted by Gasteiger charge is 2.03. The summed E-state index contributed by atoms with van der Waals surface area (Å²) in [6.45, 7) is 0. The zero-order valence-electron chi connectivity index (χ0n) is 9.36. The lowest BCUT2D eigenvalue weighted by atomic mass is 10.1. The average molecular weight is 257 g/mol. The van der Waals surface area contributed by atoms with Crippen LogP contribution in [0.2, 0.25) is 5.02 Å². The van der Waals surface area contributed by atoms with Crippen molar-refractivity contribution in [2.75, 3.05) is 0 Å². The van der Waals surface area contributed by atoms with Crippen LogP contribution in [0.1, 0.15) is 0 Å². The van der Waals surface area contributed by atoms with Gasteiger partial charge in [-0.25, -0.2) is 14.6 Å². The molecule has 0 bridgehead atoms. The van der Waals surface area contributed by atoms with E-state index in [-0.39, 0.29) is 0 Å². The summed E-state index contributed by atoms with van der Waals surface area (Å²) in [6, 6.07) is 9.45. The summed E-state index contributed by atoms with van der Waals surface area (Å²) in [5, 5.41) is 5.00. The van der Waals surface area contributed by atoms with Gasteiger partial charge in [-0.1, -0.05) is 23.7 Å². The molecule has 0 fully saturated rings. The van der Waals surface area contributed by atoms with Gasteiger partial charge in [-0.05, 0) is 17.7 Å². The Labute approximate surface area is 109 Å². The van der Waals surface area contributed by atoms with Crippen LogP contribution in [0, 0.1) is 0 Å². The molecule has 0 amide bonds. The molecule has 0 radical (unpaired) electrons. The molecule has 1 aromatic carbocycles. The zero-order chi connectivity index (χ0) is 12.4. The fourth-order valence-electron chi connectivity index (χ4n) is 1.66. The van der Waals surface area contributed by atoms with Gasteiger partial charge in [0, 0.05) is 29.0 Å². The van der Waals surface area contributed by atoms with Crippen molar-refractivity contribution in [1.29, 1.82) is 0 Å². The van der Waals surface area contributed by atoms with Crippen molar-refractivity contribution in [3.63, 3.8) is 0 Å². The van der Waals surface area contributed by atoms with Gasteiger partial charge in [0.1, 0.15) is 6.33 Å². The first-order chi connectivity index (χ1) is 8.83. The summed E-state index contributed by atoms with van der Waals surface area (Å²) < 4.78 is 1.71. The number of aromatic nitrogens is 4. The topological polar surface area (TPSA) is 43.6 Å². The summed E-state index contributed by atoms with van der Waals surface area (Å²) in [6.07, 6.45) is 6.90. The highest BCUT2D eigenvalue weighted by molar-refractivity contribution is 6.30. The van der Waals surface area contributed by atoms with E-state index in [0.29, 0.717) is 0 Å². The van der Waals surface area contributed by atoms with Gasteiger partial charge in [-0.15, -0.1) is 0 Å². The Balaban J connectivity index is 1.97.